The van der Waals surface area contributed by atoms with Crippen LogP contribution in [0, 0.1) is 5.41 Å². The first-order chi connectivity index (χ1) is 13.7. The maximum Gasteiger partial charge on any atom is 0.251 e. The van der Waals surface area contributed by atoms with Gasteiger partial charge >= 0.3 is 0 Å². The van der Waals surface area contributed by atoms with Gasteiger partial charge in [-0.25, -0.2) is 0 Å². The van der Waals surface area contributed by atoms with Gasteiger partial charge in [0.1, 0.15) is 17.6 Å². The van der Waals surface area contributed by atoms with Gasteiger partial charge in [0.15, 0.2) is 0 Å². The number of hydrogen-bond acceptors (Lipinski definition) is 4. The molecule has 0 bridgehead atoms. The highest BCUT2D eigenvalue weighted by molar-refractivity contribution is 6.32. The van der Waals surface area contributed by atoms with Crippen molar-refractivity contribution in [1.82, 2.24) is 10.2 Å². The number of nitrogens with zero attached hydrogens (tertiary/aromatic N) is 1. The molecule has 154 valence electrons. The number of likely N-dealkylation sites (tertiary alicyclic amines) is 1. The Morgan fingerprint density at radius 3 is 2.69 bits per heavy atom. The van der Waals surface area contributed by atoms with Crippen LogP contribution in [0.1, 0.15) is 37.0 Å². The average Bonchev–Trinajstić information content (AvgIpc) is 2.66. The predicted molar refractivity (Wildman–Crippen MR) is 112 cm³/mol. The molecule has 1 aliphatic carbocycles. The zero-order chi connectivity index (χ0) is 21.3. The molecular weight excluding hydrogens is 392 g/mol. The first-order valence-electron chi connectivity index (χ1n) is 9.45. The molecule has 0 aromatic heterocycles. The van der Waals surface area contributed by atoms with E-state index in [1.54, 1.807) is 24.1 Å². The number of likely N-dealkylation sites (N-methyl/N-ethyl adjacent to an activating group) is 1. The van der Waals surface area contributed by atoms with E-state index in [-0.39, 0.29) is 29.8 Å². The van der Waals surface area contributed by atoms with Gasteiger partial charge in [-0.2, -0.15) is 0 Å². The van der Waals surface area contributed by atoms with Gasteiger partial charge in [-0.05, 0) is 49.6 Å². The summed E-state index contributed by atoms with van der Waals surface area (Å²) in [4.78, 5) is 27.1. The molecule has 0 saturated carbocycles. The SMILES string of the molecule is CC(C)Oc1ccc(C(=O)N[C@H]2CC3=CC=C(C(=N)N)CC3N(C)C2=O)cc1Cl. The number of amides is 2. The van der Waals surface area contributed by atoms with Gasteiger partial charge in [0, 0.05) is 19.0 Å². The van der Waals surface area contributed by atoms with Crippen LogP contribution < -0.4 is 15.8 Å². The van der Waals surface area contributed by atoms with Gasteiger partial charge in [-0.15, -0.1) is 0 Å². The molecule has 1 aromatic carbocycles. The number of halogens is 1. The van der Waals surface area contributed by atoms with E-state index in [0.29, 0.717) is 34.8 Å². The lowest BCUT2D eigenvalue weighted by Crippen LogP contribution is -2.56. The number of piperidine rings is 1. The summed E-state index contributed by atoms with van der Waals surface area (Å²) in [5.74, 6) is -0.0194. The molecule has 2 atom stereocenters. The Labute approximate surface area is 175 Å². The normalized spacial score (nSPS) is 21.3. The molecule has 0 spiro atoms. The van der Waals surface area contributed by atoms with Gasteiger partial charge in [0.05, 0.1) is 17.2 Å². The van der Waals surface area contributed by atoms with E-state index < -0.39 is 6.04 Å². The largest absolute Gasteiger partial charge is 0.489 e. The number of ether oxygens (including phenoxy) is 1. The van der Waals surface area contributed by atoms with Crippen molar-refractivity contribution in [2.45, 2.75) is 44.9 Å². The third kappa shape index (κ3) is 4.45. The summed E-state index contributed by atoms with van der Waals surface area (Å²) in [7, 11) is 1.71. The Morgan fingerprint density at radius 1 is 1.34 bits per heavy atom. The maximum absolute atomic E-state index is 12.8. The highest BCUT2D eigenvalue weighted by Gasteiger charge is 2.38. The number of nitrogens with one attached hydrogen (secondary N) is 2. The highest BCUT2D eigenvalue weighted by atomic mass is 35.5. The van der Waals surface area contributed by atoms with Crippen LogP contribution in [0.5, 0.6) is 5.75 Å². The van der Waals surface area contributed by atoms with Crippen LogP contribution in [0.2, 0.25) is 5.02 Å². The minimum Gasteiger partial charge on any atom is -0.489 e. The van der Waals surface area contributed by atoms with Gasteiger partial charge in [-0.1, -0.05) is 23.8 Å². The summed E-state index contributed by atoms with van der Waals surface area (Å²) in [6, 6.07) is 4.02. The summed E-state index contributed by atoms with van der Waals surface area (Å²) in [6.45, 7) is 3.79. The van der Waals surface area contributed by atoms with Gasteiger partial charge in [0.25, 0.3) is 5.91 Å². The fraction of sp³-hybridized carbons (Fsp3) is 0.381. The number of carbonyl (C=O) groups is 2. The van der Waals surface area contributed by atoms with Crippen LogP contribution in [0.25, 0.3) is 0 Å². The summed E-state index contributed by atoms with van der Waals surface area (Å²) in [6.07, 6.45) is 4.60. The van der Waals surface area contributed by atoms with E-state index in [1.807, 2.05) is 26.0 Å². The molecule has 2 amide bonds. The number of amidine groups is 1. The third-order valence-electron chi connectivity index (χ3n) is 5.10. The lowest BCUT2D eigenvalue weighted by Gasteiger charge is -2.40. The minimum absolute atomic E-state index is 0.0124. The number of hydrogen-bond donors (Lipinski definition) is 3. The number of nitrogens with two attached hydrogens (primary N) is 1. The molecule has 7 nitrogen and oxygen atoms in total. The van der Waals surface area contributed by atoms with Crippen molar-refractivity contribution in [3.8, 4) is 5.75 Å². The molecule has 1 fully saturated rings. The summed E-state index contributed by atoms with van der Waals surface area (Å²) >= 11 is 6.22. The Hall–Kier alpha value is -2.80. The van der Waals surface area contributed by atoms with E-state index in [1.165, 1.54) is 6.07 Å². The standard InChI is InChI=1S/C21H25ClN4O3/c1-11(2)29-18-7-6-14(8-15(18)22)20(27)25-16-9-12-4-5-13(19(23)24)10-17(12)26(3)21(16)28/h4-8,11,16-17H,9-10H2,1-3H3,(H3,23,24)(H,25,27)/t16-,17?/m0/s1. The Kier molecular flexibility index (Phi) is 5.98. The van der Waals surface area contributed by atoms with Crippen molar-refractivity contribution >= 4 is 29.3 Å². The molecule has 1 unspecified atom stereocenters. The van der Waals surface area contributed by atoms with Crippen molar-refractivity contribution in [2.24, 2.45) is 5.73 Å². The molecule has 0 radical (unpaired) electrons. The van der Waals surface area contributed by atoms with Crippen LogP contribution in [0.3, 0.4) is 0 Å². The molecule has 2 aliphatic rings. The number of rotatable bonds is 5. The van der Waals surface area contributed by atoms with Crippen molar-refractivity contribution < 1.29 is 14.3 Å². The van der Waals surface area contributed by atoms with Crippen LogP contribution >= 0.6 is 11.6 Å². The molecule has 1 aliphatic heterocycles. The second kappa shape index (κ2) is 8.29. The monoisotopic (exact) mass is 416 g/mol. The number of benzene rings is 1. The first kappa shape index (κ1) is 20.9. The van der Waals surface area contributed by atoms with Crippen molar-refractivity contribution in [1.29, 1.82) is 5.41 Å². The van der Waals surface area contributed by atoms with E-state index in [9.17, 15) is 9.59 Å². The van der Waals surface area contributed by atoms with Crippen LogP contribution in [-0.4, -0.2) is 47.8 Å². The second-order valence-electron chi connectivity index (χ2n) is 7.56. The Morgan fingerprint density at radius 2 is 2.07 bits per heavy atom. The topological polar surface area (TPSA) is 109 Å². The molecule has 8 heteroatoms. The minimum atomic E-state index is -0.660. The number of carbonyl (C=O) groups excluding carboxylic acids is 2. The average molecular weight is 417 g/mol. The molecule has 1 aromatic rings. The van der Waals surface area contributed by atoms with E-state index in [4.69, 9.17) is 27.5 Å². The lowest BCUT2D eigenvalue weighted by molar-refractivity contribution is -0.135. The summed E-state index contributed by atoms with van der Waals surface area (Å²) in [5.41, 5.74) is 7.68. The van der Waals surface area contributed by atoms with Crippen LogP contribution in [0.15, 0.2) is 41.5 Å². The van der Waals surface area contributed by atoms with E-state index in [2.05, 4.69) is 5.32 Å². The number of fused-ring (bicyclic) bond motifs is 1. The van der Waals surface area contributed by atoms with Crippen LogP contribution in [0.4, 0.5) is 0 Å². The maximum atomic E-state index is 12.8. The predicted octanol–water partition coefficient (Wildman–Crippen LogP) is 2.65. The second-order valence-corrected chi connectivity index (χ2v) is 7.97. The zero-order valence-electron chi connectivity index (χ0n) is 16.7. The van der Waals surface area contributed by atoms with Crippen LogP contribution in [-0.2, 0) is 4.79 Å². The first-order valence-corrected chi connectivity index (χ1v) is 9.83. The number of allylic oxidation sites excluding steroid dienone is 2. The van der Waals surface area contributed by atoms with Crippen molar-refractivity contribution in [3.05, 3.63) is 52.1 Å². The Balaban J connectivity index is 1.75. The smallest absolute Gasteiger partial charge is 0.251 e. The van der Waals surface area contributed by atoms with Gasteiger partial charge in [0.2, 0.25) is 5.91 Å². The molecule has 1 saturated heterocycles. The lowest BCUT2D eigenvalue weighted by atomic mass is 9.84. The fourth-order valence-electron chi connectivity index (χ4n) is 3.58. The van der Waals surface area contributed by atoms with Gasteiger partial charge in [-0.3, -0.25) is 15.0 Å². The quantitative estimate of drug-likeness (QED) is 0.506. The summed E-state index contributed by atoms with van der Waals surface area (Å²) in [5, 5.41) is 10.8. The van der Waals surface area contributed by atoms with Gasteiger partial charge < -0.3 is 20.7 Å². The van der Waals surface area contributed by atoms with E-state index in [0.717, 1.165) is 5.57 Å². The highest BCUT2D eigenvalue weighted by Crippen LogP contribution is 2.31. The molecule has 29 heavy (non-hydrogen) atoms. The molecule has 4 N–H and O–H groups in total. The zero-order valence-corrected chi connectivity index (χ0v) is 17.4. The Bertz CT molecular complexity index is 923. The molecule has 1 heterocycles. The van der Waals surface area contributed by atoms with Crippen molar-refractivity contribution in [3.63, 3.8) is 0 Å². The molecular formula is C21H25ClN4O3. The van der Waals surface area contributed by atoms with Crippen molar-refractivity contribution in [2.75, 3.05) is 7.05 Å². The molecule has 3 rings (SSSR count). The fourth-order valence-corrected chi connectivity index (χ4v) is 3.81. The summed E-state index contributed by atoms with van der Waals surface area (Å²) < 4.78 is 5.58. The third-order valence-corrected chi connectivity index (χ3v) is 5.40. The van der Waals surface area contributed by atoms with E-state index >= 15 is 0 Å².